The summed E-state index contributed by atoms with van der Waals surface area (Å²) in [6.45, 7) is 1.78. The third-order valence-electron chi connectivity index (χ3n) is 3.02. The van der Waals surface area contributed by atoms with Crippen molar-refractivity contribution < 1.29 is 14.7 Å². The molecule has 2 N–H and O–H groups in total. The van der Waals surface area contributed by atoms with E-state index in [9.17, 15) is 9.59 Å². The average molecular weight is 344 g/mol. The first-order valence-corrected chi connectivity index (χ1v) is 7.58. The third kappa shape index (κ3) is 3.51. The summed E-state index contributed by atoms with van der Waals surface area (Å²) >= 11 is 4.77. The van der Waals surface area contributed by atoms with Crippen molar-refractivity contribution >= 4 is 39.6 Å². The van der Waals surface area contributed by atoms with Crippen molar-refractivity contribution in [1.29, 1.82) is 0 Å². The highest BCUT2D eigenvalue weighted by atomic mass is 79.9. The van der Waals surface area contributed by atoms with Crippen LogP contribution in [0.15, 0.2) is 33.6 Å². The lowest BCUT2D eigenvalue weighted by molar-refractivity contribution is -0.143. The Labute approximate surface area is 124 Å². The van der Waals surface area contributed by atoms with Crippen molar-refractivity contribution in [2.24, 2.45) is 0 Å². The van der Waals surface area contributed by atoms with Gasteiger partial charge in [0.1, 0.15) is 5.54 Å². The van der Waals surface area contributed by atoms with Crippen LogP contribution in [0.3, 0.4) is 0 Å². The maximum atomic E-state index is 12.0. The van der Waals surface area contributed by atoms with Gasteiger partial charge in [-0.05, 0) is 44.0 Å². The normalized spacial score (nSPS) is 17.6. The quantitative estimate of drug-likeness (QED) is 0.806. The molecule has 0 aliphatic heterocycles. The molecule has 1 aromatic carbocycles. The van der Waals surface area contributed by atoms with E-state index in [1.54, 1.807) is 6.92 Å². The summed E-state index contributed by atoms with van der Waals surface area (Å²) in [6, 6.07) is 7.66. The van der Waals surface area contributed by atoms with Gasteiger partial charge in [-0.3, -0.25) is 4.79 Å². The summed E-state index contributed by atoms with van der Waals surface area (Å²) < 4.78 is 0.983. The van der Waals surface area contributed by atoms with Crippen LogP contribution < -0.4 is 5.32 Å². The summed E-state index contributed by atoms with van der Waals surface area (Å²) in [4.78, 5) is 24.0. The molecular formula is C13H14BrNO3S. The van der Waals surface area contributed by atoms with E-state index in [2.05, 4.69) is 21.2 Å². The first kappa shape index (κ1) is 14.4. The number of amides is 1. The smallest absolute Gasteiger partial charge is 0.329 e. The predicted molar refractivity (Wildman–Crippen MR) is 77.2 cm³/mol. The number of nitrogens with one attached hydrogen (secondary N) is 1. The fourth-order valence-corrected chi connectivity index (χ4v) is 2.76. The molecule has 0 spiro atoms. The highest BCUT2D eigenvalue weighted by molar-refractivity contribution is 9.10. The lowest BCUT2D eigenvalue weighted by atomic mass is 10.2. The number of rotatable bonds is 5. The summed E-state index contributed by atoms with van der Waals surface area (Å²) in [5.74, 6) is -1.17. The van der Waals surface area contributed by atoms with E-state index in [4.69, 9.17) is 5.11 Å². The maximum absolute atomic E-state index is 12.0. The molecule has 0 saturated heterocycles. The average Bonchev–Trinajstić information content (AvgIpc) is 3.13. The number of carbonyl (C=O) groups is 2. The van der Waals surface area contributed by atoms with Gasteiger partial charge in [-0.2, -0.15) is 0 Å². The third-order valence-corrected chi connectivity index (χ3v) is 4.66. The van der Waals surface area contributed by atoms with Gasteiger partial charge in [0.15, 0.2) is 0 Å². The largest absolute Gasteiger partial charge is 0.480 e. The van der Waals surface area contributed by atoms with Gasteiger partial charge < -0.3 is 10.4 Å². The highest BCUT2D eigenvalue weighted by Crippen LogP contribution is 2.36. The van der Waals surface area contributed by atoms with Crippen molar-refractivity contribution in [3.8, 4) is 0 Å². The van der Waals surface area contributed by atoms with Crippen molar-refractivity contribution in [3.63, 3.8) is 0 Å². The second-order valence-electron chi connectivity index (χ2n) is 4.59. The van der Waals surface area contributed by atoms with Crippen LogP contribution in [0.4, 0.5) is 0 Å². The van der Waals surface area contributed by atoms with Gasteiger partial charge in [-0.1, -0.05) is 15.9 Å². The van der Waals surface area contributed by atoms with E-state index in [0.717, 1.165) is 9.37 Å². The monoisotopic (exact) mass is 343 g/mol. The number of thioether (sulfide) groups is 1. The number of aliphatic carboxylic acids is 1. The Morgan fingerprint density at radius 1 is 1.37 bits per heavy atom. The van der Waals surface area contributed by atoms with Gasteiger partial charge in [0.2, 0.25) is 5.91 Å². The highest BCUT2D eigenvalue weighted by Gasteiger charge is 2.52. The Kier molecular flexibility index (Phi) is 4.20. The van der Waals surface area contributed by atoms with E-state index in [1.807, 2.05) is 24.3 Å². The zero-order chi connectivity index (χ0) is 14.0. The van der Waals surface area contributed by atoms with Crippen LogP contribution in [0, 0.1) is 0 Å². The first-order valence-electron chi connectivity index (χ1n) is 5.91. The molecule has 1 fully saturated rings. The van der Waals surface area contributed by atoms with Gasteiger partial charge in [-0.25, -0.2) is 4.79 Å². The minimum absolute atomic E-state index is 0.229. The molecule has 1 saturated carbocycles. The molecular weight excluding hydrogens is 330 g/mol. The zero-order valence-corrected chi connectivity index (χ0v) is 12.8. The molecule has 102 valence electrons. The van der Waals surface area contributed by atoms with Gasteiger partial charge in [-0.15, -0.1) is 11.8 Å². The van der Waals surface area contributed by atoms with E-state index in [1.165, 1.54) is 11.8 Å². The van der Waals surface area contributed by atoms with Crippen LogP contribution >= 0.6 is 27.7 Å². The van der Waals surface area contributed by atoms with Crippen LogP contribution in [-0.4, -0.2) is 27.8 Å². The Hall–Kier alpha value is -1.01. The standard InChI is InChI=1S/C13H14BrNO3S/c1-8(19-10-4-2-9(14)3-5-10)11(16)15-13(6-7-13)12(17)18/h2-5,8H,6-7H2,1H3,(H,15,16)(H,17,18). The van der Waals surface area contributed by atoms with E-state index < -0.39 is 11.5 Å². The van der Waals surface area contributed by atoms with Crippen molar-refractivity contribution in [3.05, 3.63) is 28.7 Å². The minimum atomic E-state index is -1.01. The van der Waals surface area contributed by atoms with Gasteiger partial charge in [0, 0.05) is 9.37 Å². The minimum Gasteiger partial charge on any atom is -0.480 e. The number of carbonyl (C=O) groups excluding carboxylic acids is 1. The molecule has 1 unspecified atom stereocenters. The fraction of sp³-hybridized carbons (Fsp3) is 0.385. The zero-order valence-electron chi connectivity index (χ0n) is 10.4. The predicted octanol–water partition coefficient (Wildman–Crippen LogP) is 2.66. The molecule has 2 rings (SSSR count). The number of hydrogen-bond acceptors (Lipinski definition) is 3. The van der Waals surface area contributed by atoms with Crippen LogP contribution in [0.25, 0.3) is 0 Å². The molecule has 0 radical (unpaired) electrons. The number of halogens is 1. The van der Waals surface area contributed by atoms with Gasteiger partial charge >= 0.3 is 5.97 Å². The molecule has 1 aliphatic carbocycles. The van der Waals surface area contributed by atoms with Crippen LogP contribution in [0.5, 0.6) is 0 Å². The van der Waals surface area contributed by atoms with E-state index in [-0.39, 0.29) is 11.2 Å². The Morgan fingerprint density at radius 3 is 2.42 bits per heavy atom. The van der Waals surface area contributed by atoms with Crippen LogP contribution in [0.2, 0.25) is 0 Å². The SMILES string of the molecule is CC(Sc1ccc(Br)cc1)C(=O)NC1(C(=O)O)CC1. The van der Waals surface area contributed by atoms with Crippen LogP contribution in [-0.2, 0) is 9.59 Å². The Bertz CT molecular complexity index is 499. The fourth-order valence-electron chi connectivity index (χ4n) is 1.63. The number of carboxylic acids is 1. The van der Waals surface area contributed by atoms with Crippen LogP contribution in [0.1, 0.15) is 19.8 Å². The summed E-state index contributed by atoms with van der Waals surface area (Å²) in [7, 11) is 0. The molecule has 1 amide bonds. The lowest BCUT2D eigenvalue weighted by Gasteiger charge is -2.16. The molecule has 0 aromatic heterocycles. The second kappa shape index (κ2) is 5.54. The summed E-state index contributed by atoms with van der Waals surface area (Å²) in [5.41, 5.74) is -1.01. The number of carboxylic acid groups (broad SMARTS) is 1. The lowest BCUT2D eigenvalue weighted by Crippen LogP contribution is -2.46. The molecule has 0 bridgehead atoms. The molecule has 4 nitrogen and oxygen atoms in total. The van der Waals surface area contributed by atoms with Crippen molar-refractivity contribution in [1.82, 2.24) is 5.32 Å². The maximum Gasteiger partial charge on any atom is 0.329 e. The van der Waals surface area contributed by atoms with Crippen molar-refractivity contribution in [2.75, 3.05) is 0 Å². The van der Waals surface area contributed by atoms with Gasteiger partial charge in [0.05, 0.1) is 5.25 Å². The van der Waals surface area contributed by atoms with Gasteiger partial charge in [0.25, 0.3) is 0 Å². The molecule has 6 heteroatoms. The van der Waals surface area contributed by atoms with E-state index in [0.29, 0.717) is 12.8 Å². The molecule has 0 heterocycles. The molecule has 19 heavy (non-hydrogen) atoms. The summed E-state index contributed by atoms with van der Waals surface area (Å²) in [6.07, 6.45) is 1.04. The molecule has 1 atom stereocenters. The Balaban J connectivity index is 1.93. The first-order chi connectivity index (χ1) is 8.93. The number of hydrogen-bond donors (Lipinski definition) is 2. The second-order valence-corrected chi connectivity index (χ2v) is 6.92. The summed E-state index contributed by atoms with van der Waals surface area (Å²) in [5, 5.41) is 11.3. The van der Waals surface area contributed by atoms with E-state index >= 15 is 0 Å². The Morgan fingerprint density at radius 2 is 1.95 bits per heavy atom. The molecule has 1 aromatic rings. The topological polar surface area (TPSA) is 66.4 Å². The number of benzene rings is 1. The molecule has 1 aliphatic rings. The van der Waals surface area contributed by atoms with Crippen molar-refractivity contribution in [2.45, 2.75) is 35.4 Å².